The molecule has 1 aliphatic rings. The fourth-order valence-electron chi connectivity index (χ4n) is 3.62. The number of thioether (sulfide) groups is 1. The summed E-state index contributed by atoms with van der Waals surface area (Å²) in [4.78, 5) is 15.2. The number of allylic oxidation sites excluding steroid dienone is 1. The van der Waals surface area contributed by atoms with Gasteiger partial charge in [-0.2, -0.15) is 11.8 Å². The zero-order chi connectivity index (χ0) is 20.8. The van der Waals surface area contributed by atoms with Gasteiger partial charge in [0, 0.05) is 60.3 Å². The topological polar surface area (TPSA) is 34.5 Å². The lowest BCUT2D eigenvalue weighted by Gasteiger charge is -2.26. The maximum atomic E-state index is 12.7. The highest BCUT2D eigenvalue weighted by Gasteiger charge is 2.13. The van der Waals surface area contributed by atoms with Crippen LogP contribution in [0, 0.1) is 0 Å². The predicted molar refractivity (Wildman–Crippen MR) is 125 cm³/mol. The molecule has 30 heavy (non-hydrogen) atoms. The van der Waals surface area contributed by atoms with Gasteiger partial charge >= 0.3 is 0 Å². The van der Waals surface area contributed by atoms with E-state index in [2.05, 4.69) is 11.0 Å². The van der Waals surface area contributed by atoms with Crippen LogP contribution in [0.25, 0.3) is 11.8 Å². The Morgan fingerprint density at radius 3 is 2.63 bits per heavy atom. The fraction of sp³-hybridized carbons (Fsp3) is 0.240. The Morgan fingerprint density at radius 2 is 1.87 bits per heavy atom. The summed E-state index contributed by atoms with van der Waals surface area (Å²) in [6.45, 7) is 3.08. The summed E-state index contributed by atoms with van der Waals surface area (Å²) >= 11 is 2.01. The van der Waals surface area contributed by atoms with E-state index in [0.717, 1.165) is 42.2 Å². The standard InChI is InChI=1S/C25H26N2O2S/c1-29-25-10-8-20(17-22(25)19-26-13-15-30-16-14-26)7-9-24(28)21-5-4-6-23(18-21)27-11-2-3-12-27/h2-12,17-18H,13-16,19H2,1H3/b9-7+. The number of methoxy groups -OCH3 is 1. The van der Waals surface area contributed by atoms with E-state index in [1.807, 2.05) is 83.3 Å². The van der Waals surface area contributed by atoms with Gasteiger partial charge in [-0.1, -0.05) is 24.3 Å². The van der Waals surface area contributed by atoms with Crippen molar-refractivity contribution >= 4 is 23.6 Å². The van der Waals surface area contributed by atoms with Crippen LogP contribution in [0.4, 0.5) is 0 Å². The molecule has 0 bridgehead atoms. The molecule has 1 fully saturated rings. The van der Waals surface area contributed by atoms with Gasteiger partial charge in [0.05, 0.1) is 7.11 Å². The van der Waals surface area contributed by atoms with Crippen molar-refractivity contribution in [2.45, 2.75) is 6.54 Å². The van der Waals surface area contributed by atoms with Crippen LogP contribution >= 0.6 is 11.8 Å². The Bertz CT molecular complexity index is 1020. The number of rotatable bonds is 7. The molecule has 1 saturated heterocycles. The van der Waals surface area contributed by atoms with Crippen LogP contribution in [0.2, 0.25) is 0 Å². The molecule has 0 spiro atoms. The van der Waals surface area contributed by atoms with Gasteiger partial charge in [0.1, 0.15) is 5.75 Å². The van der Waals surface area contributed by atoms with Crippen molar-refractivity contribution in [2.75, 3.05) is 31.7 Å². The van der Waals surface area contributed by atoms with Gasteiger partial charge in [-0.3, -0.25) is 9.69 Å². The molecule has 1 aliphatic heterocycles. The smallest absolute Gasteiger partial charge is 0.185 e. The predicted octanol–water partition coefficient (Wildman–Crippen LogP) is 4.93. The molecule has 4 rings (SSSR count). The summed E-state index contributed by atoms with van der Waals surface area (Å²) in [7, 11) is 1.71. The molecule has 0 atom stereocenters. The minimum Gasteiger partial charge on any atom is -0.496 e. The molecular formula is C25H26N2O2S. The minimum absolute atomic E-state index is 0.00516. The van der Waals surface area contributed by atoms with Gasteiger partial charge in [0.15, 0.2) is 5.78 Å². The zero-order valence-corrected chi connectivity index (χ0v) is 18.0. The van der Waals surface area contributed by atoms with Crippen molar-refractivity contribution in [3.05, 3.63) is 89.8 Å². The molecule has 0 saturated carbocycles. The zero-order valence-electron chi connectivity index (χ0n) is 17.2. The molecular weight excluding hydrogens is 392 g/mol. The first-order valence-corrected chi connectivity index (χ1v) is 11.3. The van der Waals surface area contributed by atoms with Crippen LogP contribution in [0.1, 0.15) is 21.5 Å². The summed E-state index contributed by atoms with van der Waals surface area (Å²) < 4.78 is 7.56. The fourth-order valence-corrected chi connectivity index (χ4v) is 4.60. The van der Waals surface area contributed by atoms with Gasteiger partial charge in [-0.25, -0.2) is 0 Å². The first-order chi connectivity index (χ1) is 14.7. The number of hydrogen-bond acceptors (Lipinski definition) is 4. The highest BCUT2D eigenvalue weighted by molar-refractivity contribution is 7.99. The van der Waals surface area contributed by atoms with Crippen molar-refractivity contribution in [3.63, 3.8) is 0 Å². The first kappa shape index (κ1) is 20.5. The highest BCUT2D eigenvalue weighted by atomic mass is 32.2. The van der Waals surface area contributed by atoms with E-state index in [0.29, 0.717) is 5.56 Å². The second kappa shape index (κ2) is 9.83. The molecule has 4 nitrogen and oxygen atoms in total. The number of hydrogen-bond donors (Lipinski definition) is 0. The number of carbonyl (C=O) groups is 1. The maximum absolute atomic E-state index is 12.7. The Hall–Kier alpha value is -2.76. The number of aromatic nitrogens is 1. The monoisotopic (exact) mass is 418 g/mol. The Balaban J connectivity index is 1.50. The third kappa shape index (κ3) is 5.04. The summed E-state index contributed by atoms with van der Waals surface area (Å²) in [5.74, 6) is 3.25. The van der Waals surface area contributed by atoms with E-state index in [-0.39, 0.29) is 5.78 Å². The number of carbonyl (C=O) groups excluding carboxylic acids is 1. The normalized spacial score (nSPS) is 14.8. The minimum atomic E-state index is -0.00516. The second-order valence-corrected chi connectivity index (χ2v) is 8.52. The summed E-state index contributed by atoms with van der Waals surface area (Å²) in [6.07, 6.45) is 7.48. The van der Waals surface area contributed by atoms with E-state index in [1.54, 1.807) is 13.2 Å². The third-order valence-electron chi connectivity index (χ3n) is 5.26. The Kier molecular flexibility index (Phi) is 6.72. The SMILES string of the molecule is COc1ccc(/C=C/C(=O)c2cccc(-n3cccc3)c2)cc1CN1CCSCC1. The lowest BCUT2D eigenvalue weighted by molar-refractivity contribution is 0.104. The van der Waals surface area contributed by atoms with Gasteiger partial charge in [-0.05, 0) is 48.0 Å². The van der Waals surface area contributed by atoms with E-state index in [9.17, 15) is 4.79 Å². The molecule has 0 N–H and O–H groups in total. The average molecular weight is 419 g/mol. The van der Waals surface area contributed by atoms with Crippen LogP contribution in [-0.4, -0.2) is 47.0 Å². The number of ether oxygens (including phenoxy) is 1. The largest absolute Gasteiger partial charge is 0.496 e. The molecule has 2 heterocycles. The highest BCUT2D eigenvalue weighted by Crippen LogP contribution is 2.24. The van der Waals surface area contributed by atoms with Gasteiger partial charge in [-0.15, -0.1) is 0 Å². The molecule has 1 aromatic heterocycles. The van der Waals surface area contributed by atoms with Crippen molar-refractivity contribution in [1.82, 2.24) is 9.47 Å². The van der Waals surface area contributed by atoms with Crippen LogP contribution < -0.4 is 4.74 Å². The van der Waals surface area contributed by atoms with Crippen molar-refractivity contribution in [1.29, 1.82) is 0 Å². The number of ketones is 1. The second-order valence-electron chi connectivity index (χ2n) is 7.30. The van der Waals surface area contributed by atoms with Crippen molar-refractivity contribution < 1.29 is 9.53 Å². The van der Waals surface area contributed by atoms with Gasteiger partial charge < -0.3 is 9.30 Å². The van der Waals surface area contributed by atoms with Crippen molar-refractivity contribution in [2.24, 2.45) is 0 Å². The summed E-state index contributed by atoms with van der Waals surface area (Å²) in [6, 6.07) is 17.7. The van der Waals surface area contributed by atoms with Gasteiger partial charge in [0.25, 0.3) is 0 Å². The van der Waals surface area contributed by atoms with E-state index >= 15 is 0 Å². The number of nitrogens with zero attached hydrogens (tertiary/aromatic N) is 2. The molecule has 0 unspecified atom stereocenters. The molecule has 154 valence electrons. The molecule has 0 amide bonds. The molecule has 3 aromatic rings. The Labute approximate surface area is 182 Å². The Morgan fingerprint density at radius 1 is 1.07 bits per heavy atom. The lowest BCUT2D eigenvalue weighted by Crippen LogP contribution is -2.32. The third-order valence-corrected chi connectivity index (χ3v) is 6.21. The first-order valence-electron chi connectivity index (χ1n) is 10.2. The molecule has 0 radical (unpaired) electrons. The van der Waals surface area contributed by atoms with Crippen LogP contribution in [0.3, 0.4) is 0 Å². The lowest BCUT2D eigenvalue weighted by atomic mass is 10.1. The molecule has 5 heteroatoms. The van der Waals surface area contributed by atoms with Crippen LogP contribution in [0.15, 0.2) is 73.1 Å². The number of benzene rings is 2. The van der Waals surface area contributed by atoms with Crippen molar-refractivity contribution in [3.8, 4) is 11.4 Å². The van der Waals surface area contributed by atoms with Crippen LogP contribution in [-0.2, 0) is 6.54 Å². The summed E-state index contributed by atoms with van der Waals surface area (Å²) in [5.41, 5.74) is 3.82. The average Bonchev–Trinajstić information content (AvgIpc) is 3.33. The van der Waals surface area contributed by atoms with Gasteiger partial charge in [0.2, 0.25) is 0 Å². The molecule has 0 aliphatic carbocycles. The maximum Gasteiger partial charge on any atom is 0.185 e. The van der Waals surface area contributed by atoms with E-state index in [1.165, 1.54) is 11.5 Å². The van der Waals surface area contributed by atoms with Crippen LogP contribution in [0.5, 0.6) is 5.75 Å². The van der Waals surface area contributed by atoms with E-state index < -0.39 is 0 Å². The quantitative estimate of drug-likeness (QED) is 0.402. The molecule has 2 aromatic carbocycles. The summed E-state index contributed by atoms with van der Waals surface area (Å²) in [5, 5.41) is 0. The van der Waals surface area contributed by atoms with E-state index in [4.69, 9.17) is 4.74 Å².